The standard InChI is InChI=1S/C24H30F3N3O4/c1-3-19-21-20(6-4-12-33-13-5-11-28-22(21)31)30(29-19)14-16(2)15-34-23(32)17-7-9-18(10-8-17)24(25,26)27/h7-10,16H,3-6,11-15H2,1-2H3,(H,28,31)/t16-/m1/s1. The predicted octanol–water partition coefficient (Wildman–Crippen LogP) is 4.04. The zero-order valence-corrected chi connectivity index (χ0v) is 19.4. The maximum absolute atomic E-state index is 12.8. The lowest BCUT2D eigenvalue weighted by molar-refractivity contribution is -0.137. The Kier molecular flexibility index (Phi) is 8.71. The highest BCUT2D eigenvalue weighted by atomic mass is 19.4. The monoisotopic (exact) mass is 481 g/mol. The summed E-state index contributed by atoms with van der Waals surface area (Å²) in [7, 11) is 0. The Hall–Kier alpha value is -2.88. The second-order valence-electron chi connectivity index (χ2n) is 8.41. The van der Waals surface area contributed by atoms with Crippen molar-refractivity contribution >= 4 is 11.9 Å². The lowest BCUT2D eigenvalue weighted by atomic mass is 10.1. The number of ether oxygens (including phenoxy) is 2. The molecule has 0 bridgehead atoms. The van der Waals surface area contributed by atoms with E-state index in [-0.39, 0.29) is 24.0 Å². The van der Waals surface area contributed by atoms with Crippen LogP contribution in [0.5, 0.6) is 0 Å². The third-order valence-electron chi connectivity index (χ3n) is 5.58. The molecule has 0 saturated heterocycles. The van der Waals surface area contributed by atoms with Crippen LogP contribution in [0.2, 0.25) is 0 Å². The number of hydrogen-bond acceptors (Lipinski definition) is 5. The summed E-state index contributed by atoms with van der Waals surface area (Å²) in [6, 6.07) is 3.93. The maximum atomic E-state index is 12.8. The predicted molar refractivity (Wildman–Crippen MR) is 119 cm³/mol. The van der Waals surface area contributed by atoms with E-state index >= 15 is 0 Å². The molecule has 3 rings (SSSR count). The quantitative estimate of drug-likeness (QED) is 0.630. The van der Waals surface area contributed by atoms with E-state index in [2.05, 4.69) is 10.4 Å². The summed E-state index contributed by atoms with van der Waals surface area (Å²) >= 11 is 0. The molecule has 1 N–H and O–H groups in total. The molecule has 1 aliphatic heterocycles. The van der Waals surface area contributed by atoms with Crippen molar-refractivity contribution in [2.75, 3.05) is 26.4 Å². The number of carbonyl (C=O) groups excluding carboxylic acids is 2. The van der Waals surface area contributed by atoms with Gasteiger partial charge in [-0.3, -0.25) is 9.48 Å². The maximum Gasteiger partial charge on any atom is 0.416 e. The fourth-order valence-electron chi connectivity index (χ4n) is 3.82. The summed E-state index contributed by atoms with van der Waals surface area (Å²) in [6.45, 7) is 6.05. The molecular weight excluding hydrogens is 451 g/mol. The number of aryl methyl sites for hydroxylation is 1. The van der Waals surface area contributed by atoms with Crippen LogP contribution in [-0.4, -0.2) is 48.0 Å². The van der Waals surface area contributed by atoms with Crippen LogP contribution in [0.1, 0.15) is 64.4 Å². The van der Waals surface area contributed by atoms with Crippen LogP contribution in [0, 0.1) is 5.92 Å². The molecule has 7 nitrogen and oxygen atoms in total. The number of fused-ring (bicyclic) bond motifs is 1. The van der Waals surface area contributed by atoms with E-state index in [1.807, 2.05) is 18.5 Å². The largest absolute Gasteiger partial charge is 0.462 e. The molecule has 10 heteroatoms. The molecule has 2 aromatic rings. The van der Waals surface area contributed by atoms with E-state index in [1.54, 1.807) is 0 Å². The van der Waals surface area contributed by atoms with Crippen molar-refractivity contribution in [3.05, 3.63) is 52.3 Å². The second-order valence-corrected chi connectivity index (χ2v) is 8.41. The molecule has 2 heterocycles. The number of carbonyl (C=O) groups is 2. The van der Waals surface area contributed by atoms with Crippen LogP contribution >= 0.6 is 0 Å². The summed E-state index contributed by atoms with van der Waals surface area (Å²) in [4.78, 5) is 25.1. The Morgan fingerprint density at radius 1 is 1.24 bits per heavy atom. The fraction of sp³-hybridized carbons (Fsp3) is 0.542. The average Bonchev–Trinajstić information content (AvgIpc) is 3.13. The zero-order chi connectivity index (χ0) is 24.7. The molecule has 0 saturated carbocycles. The van der Waals surface area contributed by atoms with Gasteiger partial charge in [-0.2, -0.15) is 18.3 Å². The first kappa shape index (κ1) is 25.7. The highest BCUT2D eigenvalue weighted by Gasteiger charge is 2.30. The van der Waals surface area contributed by atoms with Gasteiger partial charge >= 0.3 is 12.1 Å². The third kappa shape index (κ3) is 6.59. The normalized spacial score (nSPS) is 16.2. The minimum atomic E-state index is -4.46. The van der Waals surface area contributed by atoms with E-state index in [0.29, 0.717) is 44.7 Å². The molecule has 0 radical (unpaired) electrons. The van der Waals surface area contributed by atoms with Gasteiger partial charge in [0, 0.05) is 32.2 Å². The van der Waals surface area contributed by atoms with Crippen LogP contribution in [0.4, 0.5) is 13.2 Å². The van der Waals surface area contributed by atoms with Crippen LogP contribution < -0.4 is 5.32 Å². The average molecular weight is 482 g/mol. The van der Waals surface area contributed by atoms with Crippen LogP contribution in [0.25, 0.3) is 0 Å². The molecule has 0 fully saturated rings. The molecule has 1 aromatic heterocycles. The molecular formula is C24H30F3N3O4. The third-order valence-corrected chi connectivity index (χ3v) is 5.58. The first-order valence-corrected chi connectivity index (χ1v) is 11.5. The van der Waals surface area contributed by atoms with Crippen molar-refractivity contribution in [1.82, 2.24) is 15.1 Å². The number of esters is 1. The van der Waals surface area contributed by atoms with Crippen LogP contribution in [0.15, 0.2) is 24.3 Å². The molecule has 34 heavy (non-hydrogen) atoms. The summed E-state index contributed by atoms with van der Waals surface area (Å²) in [5.74, 6) is -0.961. The summed E-state index contributed by atoms with van der Waals surface area (Å²) < 4.78 is 50.9. The molecule has 1 atom stereocenters. The Morgan fingerprint density at radius 2 is 1.94 bits per heavy atom. The highest BCUT2D eigenvalue weighted by molar-refractivity contribution is 5.96. The topological polar surface area (TPSA) is 82.5 Å². The van der Waals surface area contributed by atoms with Crippen LogP contribution in [-0.2, 0) is 35.0 Å². The summed E-state index contributed by atoms with van der Waals surface area (Å²) in [5.41, 5.74) is 1.40. The Labute approximate surface area is 196 Å². The second kappa shape index (κ2) is 11.5. The van der Waals surface area contributed by atoms with Crippen molar-refractivity contribution in [1.29, 1.82) is 0 Å². The van der Waals surface area contributed by atoms with Gasteiger partial charge in [-0.1, -0.05) is 13.8 Å². The van der Waals surface area contributed by atoms with Crippen molar-refractivity contribution in [3.8, 4) is 0 Å². The molecule has 186 valence electrons. The van der Waals surface area contributed by atoms with Gasteiger partial charge < -0.3 is 14.8 Å². The van der Waals surface area contributed by atoms with Gasteiger partial charge in [0.05, 0.1) is 34.7 Å². The van der Waals surface area contributed by atoms with E-state index in [0.717, 1.165) is 48.5 Å². The number of halogens is 3. The number of nitrogens with one attached hydrogen (secondary N) is 1. The van der Waals surface area contributed by atoms with Gasteiger partial charge in [0.1, 0.15) is 0 Å². The number of rotatable bonds is 6. The minimum Gasteiger partial charge on any atom is -0.462 e. The van der Waals surface area contributed by atoms with Crippen molar-refractivity contribution in [2.24, 2.45) is 5.92 Å². The SMILES string of the molecule is CCc1nn(C[C@@H](C)COC(=O)c2ccc(C(F)(F)F)cc2)c2c1C(=O)NCCCOCCC2. The molecule has 1 aromatic carbocycles. The van der Waals surface area contributed by atoms with Crippen molar-refractivity contribution < 1.29 is 32.2 Å². The molecule has 0 spiro atoms. The van der Waals surface area contributed by atoms with Gasteiger partial charge in [-0.05, 0) is 49.9 Å². The van der Waals surface area contributed by atoms with E-state index in [1.165, 1.54) is 0 Å². The first-order valence-electron chi connectivity index (χ1n) is 11.5. The Morgan fingerprint density at radius 3 is 2.62 bits per heavy atom. The van der Waals surface area contributed by atoms with Crippen LogP contribution in [0.3, 0.4) is 0 Å². The summed E-state index contributed by atoms with van der Waals surface area (Å²) in [5, 5.41) is 7.59. The van der Waals surface area contributed by atoms with Gasteiger partial charge in [0.25, 0.3) is 5.91 Å². The number of benzene rings is 1. The first-order chi connectivity index (χ1) is 16.2. The molecule has 0 unspecified atom stereocenters. The highest BCUT2D eigenvalue weighted by Crippen LogP contribution is 2.29. The van der Waals surface area contributed by atoms with E-state index < -0.39 is 17.7 Å². The van der Waals surface area contributed by atoms with Crippen molar-refractivity contribution in [3.63, 3.8) is 0 Å². The van der Waals surface area contributed by atoms with Gasteiger partial charge in [0.2, 0.25) is 0 Å². The van der Waals surface area contributed by atoms with Crippen molar-refractivity contribution in [2.45, 2.75) is 52.3 Å². The number of alkyl halides is 3. The van der Waals surface area contributed by atoms with E-state index in [4.69, 9.17) is 9.47 Å². The fourth-order valence-corrected chi connectivity index (χ4v) is 3.82. The van der Waals surface area contributed by atoms with Gasteiger partial charge in [0.15, 0.2) is 0 Å². The Balaban J connectivity index is 1.67. The number of amides is 1. The molecule has 0 aliphatic carbocycles. The van der Waals surface area contributed by atoms with Gasteiger partial charge in [-0.15, -0.1) is 0 Å². The lowest BCUT2D eigenvalue weighted by Gasteiger charge is -2.15. The van der Waals surface area contributed by atoms with E-state index in [9.17, 15) is 22.8 Å². The molecule has 1 amide bonds. The number of nitrogens with zero attached hydrogens (tertiary/aromatic N) is 2. The number of aromatic nitrogens is 2. The van der Waals surface area contributed by atoms with Gasteiger partial charge in [-0.25, -0.2) is 4.79 Å². The number of hydrogen-bond donors (Lipinski definition) is 1. The smallest absolute Gasteiger partial charge is 0.416 e. The summed E-state index contributed by atoms with van der Waals surface area (Å²) in [6.07, 6.45) is -1.72. The molecule has 1 aliphatic rings. The lowest BCUT2D eigenvalue weighted by Crippen LogP contribution is -2.27. The minimum absolute atomic E-state index is 0.0535. The zero-order valence-electron chi connectivity index (χ0n) is 19.4. The Bertz CT molecular complexity index is 987.